The number of para-hydroxylation sites is 1. The number of hydrogen-bond donors (Lipinski definition) is 0. The average Bonchev–Trinajstić information content (AvgIpc) is 3.36. The molecule has 3 aromatic rings. The molecule has 2 heterocycles. The Kier molecular flexibility index (Phi) is 6.52. The molecule has 2 aliphatic heterocycles. The van der Waals surface area contributed by atoms with Crippen LogP contribution in [0.25, 0.3) is 0 Å². The first-order chi connectivity index (χ1) is 17.0. The second kappa shape index (κ2) is 9.74. The van der Waals surface area contributed by atoms with Crippen molar-refractivity contribution in [2.45, 2.75) is 43.0 Å². The third kappa shape index (κ3) is 4.52. The number of amides is 1. The topological polar surface area (TPSA) is 66.9 Å². The summed E-state index contributed by atoms with van der Waals surface area (Å²) in [6.07, 6.45) is 4.25. The summed E-state index contributed by atoms with van der Waals surface area (Å²) < 4.78 is 34.6. The highest BCUT2D eigenvalue weighted by molar-refractivity contribution is 7.93. The van der Waals surface area contributed by atoms with Gasteiger partial charge in [0.1, 0.15) is 10.6 Å². The van der Waals surface area contributed by atoms with Crippen molar-refractivity contribution in [1.82, 2.24) is 4.90 Å². The Morgan fingerprint density at radius 1 is 0.971 bits per heavy atom. The van der Waals surface area contributed by atoms with Gasteiger partial charge in [-0.05, 0) is 67.5 Å². The van der Waals surface area contributed by atoms with Gasteiger partial charge in [0.05, 0.1) is 12.8 Å². The van der Waals surface area contributed by atoms with Crippen LogP contribution < -0.4 is 9.04 Å². The van der Waals surface area contributed by atoms with Crippen molar-refractivity contribution in [3.63, 3.8) is 0 Å². The number of rotatable bonds is 6. The Balaban J connectivity index is 1.47. The van der Waals surface area contributed by atoms with Gasteiger partial charge < -0.3 is 9.64 Å². The van der Waals surface area contributed by atoms with Gasteiger partial charge in [-0.15, -0.1) is 0 Å². The number of nitrogens with zero attached hydrogens (tertiary/aromatic N) is 2. The third-order valence-corrected chi connectivity index (χ3v) is 8.83. The van der Waals surface area contributed by atoms with E-state index >= 15 is 0 Å². The Labute approximate surface area is 207 Å². The van der Waals surface area contributed by atoms with E-state index in [0.29, 0.717) is 24.3 Å². The second-order valence-electron chi connectivity index (χ2n) is 9.16. The van der Waals surface area contributed by atoms with Crippen LogP contribution in [0, 0.1) is 0 Å². The van der Waals surface area contributed by atoms with E-state index in [9.17, 15) is 13.2 Å². The minimum absolute atomic E-state index is 0.0290. The number of anilines is 1. The predicted octanol–water partition coefficient (Wildman–Crippen LogP) is 4.68. The lowest BCUT2D eigenvalue weighted by Gasteiger charge is -2.31. The molecule has 0 saturated carbocycles. The molecular formula is C28H30N2O4S. The molecule has 1 saturated heterocycles. The van der Waals surface area contributed by atoms with Crippen molar-refractivity contribution in [3.8, 4) is 5.75 Å². The molecule has 1 fully saturated rings. The van der Waals surface area contributed by atoms with Crippen LogP contribution in [0.5, 0.6) is 5.75 Å². The molecule has 35 heavy (non-hydrogen) atoms. The summed E-state index contributed by atoms with van der Waals surface area (Å²) in [5.74, 6) is 0.105. The van der Waals surface area contributed by atoms with Crippen LogP contribution >= 0.6 is 0 Å². The minimum atomic E-state index is -3.92. The molecule has 0 bridgehead atoms. The first-order valence-corrected chi connectivity index (χ1v) is 13.6. The van der Waals surface area contributed by atoms with Gasteiger partial charge >= 0.3 is 0 Å². The standard InChI is InChI=1S/C28H30N2O4S/c1-34-26-16-15-23(28(31)29-17-8-13-24(29)19-21-9-3-2-4-10-21)20-27(26)35(32,33)30-18-7-12-22-11-5-6-14-25(22)30/h2-6,9-11,14-16,20,24H,7-8,12-13,17-19H2,1H3. The lowest BCUT2D eigenvalue weighted by molar-refractivity contribution is 0.0736. The maximum Gasteiger partial charge on any atom is 0.268 e. The van der Waals surface area contributed by atoms with Gasteiger partial charge in [0, 0.05) is 24.7 Å². The van der Waals surface area contributed by atoms with Crippen molar-refractivity contribution < 1.29 is 17.9 Å². The fourth-order valence-electron chi connectivity index (χ4n) is 5.25. The molecule has 0 aliphatic carbocycles. The Bertz CT molecular complexity index is 1320. The molecule has 6 nitrogen and oxygen atoms in total. The molecule has 0 N–H and O–H groups in total. The summed E-state index contributed by atoms with van der Waals surface area (Å²) >= 11 is 0. The van der Waals surface area contributed by atoms with Gasteiger partial charge in [-0.1, -0.05) is 48.5 Å². The number of carbonyl (C=O) groups is 1. The number of aryl methyl sites for hydroxylation is 1. The number of likely N-dealkylation sites (tertiary alicyclic amines) is 1. The average molecular weight is 491 g/mol. The van der Waals surface area contributed by atoms with E-state index in [2.05, 4.69) is 12.1 Å². The van der Waals surface area contributed by atoms with E-state index in [1.54, 1.807) is 12.1 Å². The second-order valence-corrected chi connectivity index (χ2v) is 11.0. The smallest absolute Gasteiger partial charge is 0.268 e. The summed E-state index contributed by atoms with van der Waals surface area (Å²) in [6, 6.07) is 22.6. The number of benzene rings is 3. The van der Waals surface area contributed by atoms with Gasteiger partial charge in [0.2, 0.25) is 0 Å². The zero-order chi connectivity index (χ0) is 24.4. The van der Waals surface area contributed by atoms with Crippen LogP contribution in [0.2, 0.25) is 0 Å². The zero-order valence-electron chi connectivity index (χ0n) is 19.9. The van der Waals surface area contributed by atoms with E-state index in [4.69, 9.17) is 4.74 Å². The molecule has 0 radical (unpaired) electrons. The number of sulfonamides is 1. The lowest BCUT2D eigenvalue weighted by atomic mass is 10.0. The molecule has 7 heteroatoms. The van der Waals surface area contributed by atoms with Crippen molar-refractivity contribution >= 4 is 21.6 Å². The molecule has 3 aromatic carbocycles. The first kappa shape index (κ1) is 23.4. The maximum absolute atomic E-state index is 13.9. The zero-order valence-corrected chi connectivity index (χ0v) is 20.7. The van der Waals surface area contributed by atoms with Gasteiger partial charge in [-0.3, -0.25) is 9.10 Å². The summed E-state index contributed by atoms with van der Waals surface area (Å²) in [5.41, 5.74) is 3.27. The summed E-state index contributed by atoms with van der Waals surface area (Å²) in [7, 11) is -2.47. The fourth-order valence-corrected chi connectivity index (χ4v) is 6.97. The lowest BCUT2D eigenvalue weighted by Crippen LogP contribution is -2.37. The Hall–Kier alpha value is -3.32. The molecule has 0 spiro atoms. The van der Waals surface area contributed by atoms with Crippen LogP contribution in [0.4, 0.5) is 5.69 Å². The monoisotopic (exact) mass is 490 g/mol. The molecule has 1 atom stereocenters. The highest BCUT2D eigenvalue weighted by Crippen LogP contribution is 2.36. The van der Waals surface area contributed by atoms with Crippen LogP contribution in [-0.4, -0.2) is 45.5 Å². The SMILES string of the molecule is COc1ccc(C(=O)N2CCCC2Cc2ccccc2)cc1S(=O)(=O)N1CCCc2ccccc21. The summed E-state index contributed by atoms with van der Waals surface area (Å²) in [4.78, 5) is 15.5. The number of methoxy groups -OCH3 is 1. The van der Waals surface area contributed by atoms with E-state index in [1.165, 1.54) is 23.0 Å². The minimum Gasteiger partial charge on any atom is -0.495 e. The molecule has 182 valence electrons. The van der Waals surface area contributed by atoms with Crippen molar-refractivity contribution in [3.05, 3.63) is 89.5 Å². The molecule has 5 rings (SSSR count). The Morgan fingerprint density at radius 2 is 1.74 bits per heavy atom. The first-order valence-electron chi connectivity index (χ1n) is 12.1. The normalized spacial score (nSPS) is 17.8. The van der Waals surface area contributed by atoms with Crippen molar-refractivity contribution in [1.29, 1.82) is 0 Å². The van der Waals surface area contributed by atoms with Crippen LogP contribution in [0.1, 0.15) is 40.7 Å². The molecule has 1 unspecified atom stereocenters. The molecule has 0 aromatic heterocycles. The predicted molar refractivity (Wildman–Crippen MR) is 136 cm³/mol. The number of hydrogen-bond acceptors (Lipinski definition) is 4. The number of fused-ring (bicyclic) bond motifs is 1. The quantitative estimate of drug-likeness (QED) is 0.503. The van der Waals surface area contributed by atoms with Crippen LogP contribution in [-0.2, 0) is 22.9 Å². The van der Waals surface area contributed by atoms with Crippen molar-refractivity contribution in [2.24, 2.45) is 0 Å². The number of carbonyl (C=O) groups excluding carboxylic acids is 1. The van der Waals surface area contributed by atoms with Crippen molar-refractivity contribution in [2.75, 3.05) is 24.5 Å². The van der Waals surface area contributed by atoms with Crippen LogP contribution in [0.3, 0.4) is 0 Å². The highest BCUT2D eigenvalue weighted by Gasteiger charge is 2.34. The maximum atomic E-state index is 13.9. The largest absolute Gasteiger partial charge is 0.495 e. The highest BCUT2D eigenvalue weighted by atomic mass is 32.2. The number of ether oxygens (including phenoxy) is 1. The molecular weight excluding hydrogens is 460 g/mol. The van der Waals surface area contributed by atoms with Crippen LogP contribution in [0.15, 0.2) is 77.7 Å². The molecule has 1 amide bonds. The van der Waals surface area contributed by atoms with E-state index in [0.717, 1.165) is 37.7 Å². The van der Waals surface area contributed by atoms with Gasteiger partial charge in [0.15, 0.2) is 0 Å². The van der Waals surface area contributed by atoms with E-state index < -0.39 is 10.0 Å². The molecule has 2 aliphatic rings. The summed E-state index contributed by atoms with van der Waals surface area (Å²) in [6.45, 7) is 1.07. The van der Waals surface area contributed by atoms with Gasteiger partial charge in [0.25, 0.3) is 15.9 Å². The fraction of sp³-hybridized carbons (Fsp3) is 0.321. The van der Waals surface area contributed by atoms with Gasteiger partial charge in [-0.2, -0.15) is 0 Å². The van der Waals surface area contributed by atoms with Gasteiger partial charge in [-0.25, -0.2) is 8.42 Å². The van der Waals surface area contributed by atoms with E-state index in [-0.39, 0.29) is 22.6 Å². The third-order valence-electron chi connectivity index (χ3n) is 7.00. The summed E-state index contributed by atoms with van der Waals surface area (Å²) in [5, 5.41) is 0. The Morgan fingerprint density at radius 3 is 2.54 bits per heavy atom. The van der Waals surface area contributed by atoms with E-state index in [1.807, 2.05) is 47.4 Å².